The maximum absolute atomic E-state index is 12.0. The number of amides is 1. The van der Waals surface area contributed by atoms with Gasteiger partial charge >= 0.3 is 0 Å². The van der Waals surface area contributed by atoms with E-state index >= 15 is 0 Å². The van der Waals surface area contributed by atoms with Gasteiger partial charge in [0.1, 0.15) is 11.8 Å². The zero-order chi connectivity index (χ0) is 12.4. The molecule has 0 radical (unpaired) electrons. The highest BCUT2D eigenvalue weighted by Crippen LogP contribution is 2.15. The standard InChI is InChI=1S/C12H9N5O/c18-12(8-4-2-1-3-5-8)17-11-9-10(14-6-13-9)15-7-16-11/h1-7H,(H2,13,14,15,16,17,18)/i17+1. The average Bonchev–Trinajstić information content (AvgIpc) is 2.89. The van der Waals surface area contributed by atoms with E-state index < -0.39 is 0 Å². The van der Waals surface area contributed by atoms with Crippen molar-refractivity contribution in [2.45, 2.75) is 0 Å². The van der Waals surface area contributed by atoms with Crippen LogP contribution in [-0.4, -0.2) is 25.8 Å². The number of benzene rings is 1. The monoisotopic (exact) mass is 240 g/mol. The van der Waals surface area contributed by atoms with Crippen molar-refractivity contribution in [1.29, 1.82) is 0 Å². The van der Waals surface area contributed by atoms with Crippen LogP contribution in [0.5, 0.6) is 0 Å². The molecular weight excluding hydrogens is 231 g/mol. The summed E-state index contributed by atoms with van der Waals surface area (Å²) in [5, 5.41) is 2.73. The first kappa shape index (κ1) is 10.4. The Morgan fingerprint density at radius 1 is 1.11 bits per heavy atom. The van der Waals surface area contributed by atoms with Gasteiger partial charge in [0.2, 0.25) is 0 Å². The molecule has 0 aliphatic carbocycles. The molecule has 0 aliphatic heterocycles. The van der Waals surface area contributed by atoms with E-state index in [2.05, 4.69) is 25.3 Å². The highest BCUT2D eigenvalue weighted by atomic mass is 16.2. The van der Waals surface area contributed by atoms with Crippen molar-refractivity contribution in [2.75, 3.05) is 5.32 Å². The minimum atomic E-state index is -0.217. The lowest BCUT2D eigenvalue weighted by Crippen LogP contribution is -2.13. The average molecular weight is 240 g/mol. The van der Waals surface area contributed by atoms with Crippen LogP contribution in [0.15, 0.2) is 43.0 Å². The Labute approximate surface area is 102 Å². The second-order valence-electron chi connectivity index (χ2n) is 3.64. The van der Waals surface area contributed by atoms with Crippen molar-refractivity contribution >= 4 is 22.9 Å². The molecule has 3 aromatic rings. The Morgan fingerprint density at radius 2 is 1.94 bits per heavy atom. The fraction of sp³-hybridized carbons (Fsp3) is 0. The van der Waals surface area contributed by atoms with Crippen LogP contribution < -0.4 is 5.32 Å². The predicted octanol–water partition coefficient (Wildman–Crippen LogP) is 1.61. The van der Waals surface area contributed by atoms with Gasteiger partial charge in [-0.25, -0.2) is 15.0 Å². The van der Waals surface area contributed by atoms with Crippen molar-refractivity contribution in [3.05, 3.63) is 48.5 Å². The van der Waals surface area contributed by atoms with E-state index in [0.717, 1.165) is 0 Å². The lowest BCUT2D eigenvalue weighted by atomic mass is 10.2. The number of H-pyrrole nitrogens is 1. The van der Waals surface area contributed by atoms with Crippen LogP contribution in [0.2, 0.25) is 0 Å². The highest BCUT2D eigenvalue weighted by molar-refractivity contribution is 6.06. The lowest BCUT2D eigenvalue weighted by Gasteiger charge is -2.04. The number of rotatable bonds is 2. The van der Waals surface area contributed by atoms with Gasteiger partial charge in [-0.1, -0.05) is 18.2 Å². The van der Waals surface area contributed by atoms with Crippen molar-refractivity contribution in [3.8, 4) is 0 Å². The first-order valence-corrected chi connectivity index (χ1v) is 5.35. The Hall–Kier alpha value is -2.76. The smallest absolute Gasteiger partial charge is 0.256 e. The third kappa shape index (κ3) is 1.80. The molecule has 0 saturated heterocycles. The number of nitrogens with one attached hydrogen (secondary N) is 2. The molecule has 2 heterocycles. The number of aromatic amines is 1. The maximum Gasteiger partial charge on any atom is 0.256 e. The van der Waals surface area contributed by atoms with E-state index in [1.807, 2.05) is 6.07 Å². The van der Waals surface area contributed by atoms with Gasteiger partial charge in [-0.15, -0.1) is 0 Å². The molecular formula is C12H9N5O. The summed E-state index contributed by atoms with van der Waals surface area (Å²) in [4.78, 5) is 26.9. The molecule has 3 rings (SSSR count). The van der Waals surface area contributed by atoms with Crippen molar-refractivity contribution in [2.24, 2.45) is 0 Å². The molecule has 18 heavy (non-hydrogen) atoms. The molecule has 0 fully saturated rings. The maximum atomic E-state index is 12.0. The number of nitrogens with zero attached hydrogens (tertiary/aromatic N) is 3. The summed E-state index contributed by atoms with van der Waals surface area (Å²) in [5.74, 6) is 0.205. The Morgan fingerprint density at radius 3 is 2.78 bits per heavy atom. The summed E-state index contributed by atoms with van der Waals surface area (Å²) >= 11 is 0. The van der Waals surface area contributed by atoms with Crippen molar-refractivity contribution in [3.63, 3.8) is 0 Å². The summed E-state index contributed by atoms with van der Waals surface area (Å²) in [6.45, 7) is 0. The SMILES string of the molecule is O=C([15NH]c1ncnc2nc[nH]c12)c1ccccc1. The van der Waals surface area contributed by atoms with E-state index in [1.165, 1.54) is 12.7 Å². The summed E-state index contributed by atoms with van der Waals surface area (Å²) in [7, 11) is 0. The molecule has 1 aromatic carbocycles. The molecule has 2 aromatic heterocycles. The number of aromatic nitrogens is 4. The molecule has 88 valence electrons. The van der Waals surface area contributed by atoms with E-state index in [9.17, 15) is 4.79 Å². The molecule has 0 aliphatic rings. The topological polar surface area (TPSA) is 83.6 Å². The first-order valence-electron chi connectivity index (χ1n) is 5.35. The Balaban J connectivity index is 1.93. The number of carbonyl (C=O) groups excluding carboxylic acids is 1. The van der Waals surface area contributed by atoms with Gasteiger partial charge in [0.15, 0.2) is 11.5 Å². The number of imidazole rings is 1. The van der Waals surface area contributed by atoms with Gasteiger partial charge in [0.25, 0.3) is 5.91 Å². The highest BCUT2D eigenvalue weighted by Gasteiger charge is 2.10. The number of anilines is 1. The third-order valence-electron chi connectivity index (χ3n) is 2.49. The van der Waals surface area contributed by atoms with Crippen molar-refractivity contribution < 1.29 is 4.79 Å². The molecule has 0 unspecified atom stereocenters. The molecule has 1 amide bonds. The molecule has 0 bridgehead atoms. The second kappa shape index (κ2) is 4.25. The molecule has 2 N–H and O–H groups in total. The van der Waals surface area contributed by atoms with Crippen LogP contribution in [0.25, 0.3) is 11.2 Å². The number of hydrogen-bond acceptors (Lipinski definition) is 4. The summed E-state index contributed by atoms with van der Waals surface area (Å²) in [6.07, 6.45) is 2.88. The fourth-order valence-electron chi connectivity index (χ4n) is 1.63. The predicted molar refractivity (Wildman–Crippen MR) is 66.1 cm³/mol. The fourth-order valence-corrected chi connectivity index (χ4v) is 1.63. The zero-order valence-corrected chi connectivity index (χ0v) is 9.29. The van der Waals surface area contributed by atoms with Gasteiger partial charge in [-0.2, -0.15) is 0 Å². The minimum absolute atomic E-state index is 0.217. The number of hydrogen-bond donors (Lipinski definition) is 2. The van der Waals surface area contributed by atoms with Gasteiger partial charge in [0.05, 0.1) is 6.33 Å². The first-order chi connectivity index (χ1) is 8.84. The summed E-state index contributed by atoms with van der Waals surface area (Å²) in [6, 6.07) is 8.94. The van der Waals surface area contributed by atoms with Gasteiger partial charge < -0.3 is 10.3 Å². The lowest BCUT2D eigenvalue weighted by molar-refractivity contribution is 0.102. The number of fused-ring (bicyclic) bond motifs is 1. The van der Waals surface area contributed by atoms with Crippen LogP contribution >= 0.6 is 0 Å². The van der Waals surface area contributed by atoms with Crippen LogP contribution in [-0.2, 0) is 0 Å². The van der Waals surface area contributed by atoms with Crippen LogP contribution in [0.3, 0.4) is 0 Å². The summed E-state index contributed by atoms with van der Waals surface area (Å²) < 4.78 is 0. The molecule has 0 spiro atoms. The van der Waals surface area contributed by atoms with Gasteiger partial charge in [-0.3, -0.25) is 4.79 Å². The van der Waals surface area contributed by atoms with E-state index in [0.29, 0.717) is 22.5 Å². The van der Waals surface area contributed by atoms with Gasteiger partial charge in [-0.05, 0) is 12.1 Å². The summed E-state index contributed by atoms with van der Waals surface area (Å²) in [5.41, 5.74) is 1.71. The van der Waals surface area contributed by atoms with E-state index in [-0.39, 0.29) is 5.91 Å². The van der Waals surface area contributed by atoms with E-state index in [1.54, 1.807) is 24.3 Å². The largest absolute Gasteiger partial charge is 0.340 e. The second-order valence-corrected chi connectivity index (χ2v) is 3.64. The minimum Gasteiger partial charge on any atom is -0.340 e. The molecule has 6 nitrogen and oxygen atoms in total. The third-order valence-corrected chi connectivity index (χ3v) is 2.49. The molecule has 0 atom stereocenters. The molecule has 6 heteroatoms. The number of carbonyl (C=O) groups is 1. The van der Waals surface area contributed by atoms with Crippen LogP contribution in [0, 0.1) is 0 Å². The Kier molecular flexibility index (Phi) is 2.45. The molecule has 0 saturated carbocycles. The zero-order valence-electron chi connectivity index (χ0n) is 9.29. The van der Waals surface area contributed by atoms with E-state index in [4.69, 9.17) is 0 Å². The Bertz CT molecular complexity index is 692. The quantitative estimate of drug-likeness (QED) is 0.666. The van der Waals surface area contributed by atoms with Gasteiger partial charge in [0, 0.05) is 5.56 Å². The van der Waals surface area contributed by atoms with Crippen LogP contribution in [0.1, 0.15) is 10.4 Å². The normalized spacial score (nSPS) is 10.4. The van der Waals surface area contributed by atoms with Crippen LogP contribution in [0.4, 0.5) is 5.82 Å². The van der Waals surface area contributed by atoms with Crippen molar-refractivity contribution in [1.82, 2.24) is 19.9 Å².